The Bertz CT molecular complexity index is 814. The number of anilines is 1. The topological polar surface area (TPSA) is 51.2 Å². The third kappa shape index (κ3) is 2.21. The van der Waals surface area contributed by atoms with Gasteiger partial charge in [-0.3, -0.25) is 4.98 Å². The maximum atomic E-state index is 12.0. The van der Waals surface area contributed by atoms with E-state index < -0.39 is 0 Å². The number of nitrogens with zero attached hydrogens (tertiary/aromatic N) is 1. The van der Waals surface area contributed by atoms with Crippen molar-refractivity contribution in [3.63, 3.8) is 0 Å². The van der Waals surface area contributed by atoms with Crippen LogP contribution in [0.5, 0.6) is 0 Å². The minimum absolute atomic E-state index is 0.144. The van der Waals surface area contributed by atoms with Crippen LogP contribution in [0.3, 0.4) is 0 Å². The molecule has 122 valence electrons. The zero-order valence-corrected chi connectivity index (χ0v) is 13.8. The normalized spacial score (nSPS) is 24.0. The fraction of sp³-hybridized carbons (Fsp3) is 0.300. The van der Waals surface area contributed by atoms with Crippen LogP contribution in [-0.4, -0.2) is 18.1 Å². The first-order valence-corrected chi connectivity index (χ1v) is 8.26. The van der Waals surface area contributed by atoms with Crippen LogP contribution < -0.4 is 5.32 Å². The number of ether oxygens (including phenoxy) is 1. The van der Waals surface area contributed by atoms with Crippen LogP contribution in [0.1, 0.15) is 45.6 Å². The smallest absolute Gasteiger partial charge is 0.338 e. The van der Waals surface area contributed by atoms with Crippen molar-refractivity contribution in [1.29, 1.82) is 0 Å². The lowest BCUT2D eigenvalue weighted by atomic mass is 9.77. The second-order valence-electron chi connectivity index (χ2n) is 6.42. The van der Waals surface area contributed by atoms with Gasteiger partial charge in [-0.15, -0.1) is 0 Å². The predicted molar refractivity (Wildman–Crippen MR) is 93.1 cm³/mol. The first-order valence-electron chi connectivity index (χ1n) is 8.26. The molecular formula is C20H20N2O2. The van der Waals surface area contributed by atoms with Crippen molar-refractivity contribution >= 4 is 11.7 Å². The van der Waals surface area contributed by atoms with Crippen molar-refractivity contribution in [2.75, 3.05) is 12.4 Å². The molecule has 0 fully saturated rings. The van der Waals surface area contributed by atoms with Gasteiger partial charge < -0.3 is 10.1 Å². The number of allylic oxidation sites excluding steroid dienone is 2. The molecule has 1 aliphatic carbocycles. The number of carbonyl (C=O) groups excluding carboxylic acids is 1. The summed E-state index contributed by atoms with van der Waals surface area (Å²) in [6.45, 7) is 1.98. The monoisotopic (exact) mass is 320 g/mol. The first kappa shape index (κ1) is 14.9. The number of fused-ring (bicyclic) bond motifs is 3. The Morgan fingerprint density at radius 2 is 2.17 bits per heavy atom. The molecule has 0 saturated carbocycles. The van der Waals surface area contributed by atoms with Gasteiger partial charge >= 0.3 is 5.97 Å². The largest absolute Gasteiger partial charge is 0.465 e. The molecule has 2 aromatic rings. The minimum atomic E-state index is -0.296. The van der Waals surface area contributed by atoms with Crippen LogP contribution in [0.2, 0.25) is 0 Å². The molecule has 3 atom stereocenters. The summed E-state index contributed by atoms with van der Waals surface area (Å²) in [7, 11) is 1.42. The number of esters is 1. The lowest BCUT2D eigenvalue weighted by molar-refractivity contribution is 0.0600. The van der Waals surface area contributed by atoms with Crippen molar-refractivity contribution in [3.8, 4) is 0 Å². The van der Waals surface area contributed by atoms with Gasteiger partial charge in [0.2, 0.25) is 0 Å². The van der Waals surface area contributed by atoms with Gasteiger partial charge in [0.15, 0.2) is 0 Å². The molecule has 2 aliphatic rings. The van der Waals surface area contributed by atoms with Gasteiger partial charge in [0.05, 0.1) is 24.4 Å². The number of methoxy groups -OCH3 is 1. The third-order valence-electron chi connectivity index (χ3n) is 5.21. The van der Waals surface area contributed by atoms with Gasteiger partial charge in [0.25, 0.3) is 0 Å². The molecule has 0 spiro atoms. The second-order valence-corrected chi connectivity index (χ2v) is 6.42. The number of pyridine rings is 1. The fourth-order valence-electron chi connectivity index (χ4n) is 4.00. The van der Waals surface area contributed by atoms with Crippen LogP contribution in [0, 0.1) is 12.8 Å². The number of hydrogen-bond donors (Lipinski definition) is 1. The van der Waals surface area contributed by atoms with Gasteiger partial charge in [0, 0.05) is 17.8 Å². The maximum absolute atomic E-state index is 12.0. The Morgan fingerprint density at radius 3 is 2.92 bits per heavy atom. The van der Waals surface area contributed by atoms with Crippen molar-refractivity contribution in [2.24, 2.45) is 5.92 Å². The molecule has 24 heavy (non-hydrogen) atoms. The lowest BCUT2D eigenvalue weighted by Gasteiger charge is -2.38. The highest BCUT2D eigenvalue weighted by atomic mass is 16.5. The molecule has 4 heteroatoms. The molecule has 2 heterocycles. The summed E-state index contributed by atoms with van der Waals surface area (Å²) >= 11 is 0. The molecule has 0 bridgehead atoms. The Morgan fingerprint density at radius 1 is 1.29 bits per heavy atom. The molecule has 0 radical (unpaired) electrons. The lowest BCUT2D eigenvalue weighted by Crippen LogP contribution is -2.30. The van der Waals surface area contributed by atoms with Crippen LogP contribution in [-0.2, 0) is 4.74 Å². The summed E-state index contributed by atoms with van der Waals surface area (Å²) < 4.78 is 4.91. The van der Waals surface area contributed by atoms with Crippen molar-refractivity contribution < 1.29 is 9.53 Å². The highest BCUT2D eigenvalue weighted by Gasteiger charge is 2.39. The fourth-order valence-corrected chi connectivity index (χ4v) is 4.00. The molecule has 1 aromatic carbocycles. The SMILES string of the molecule is COC(=O)c1ccc2c(c1C)N[C@H](c1ccccn1)[C@H]1CC=C[C@H]21. The van der Waals surface area contributed by atoms with Crippen molar-refractivity contribution in [2.45, 2.75) is 25.3 Å². The molecule has 1 N–H and O–H groups in total. The molecular weight excluding hydrogens is 300 g/mol. The average Bonchev–Trinajstić information content (AvgIpc) is 3.11. The van der Waals surface area contributed by atoms with E-state index in [9.17, 15) is 4.79 Å². The summed E-state index contributed by atoms with van der Waals surface area (Å²) in [5.74, 6) is 0.519. The van der Waals surface area contributed by atoms with E-state index in [1.165, 1.54) is 12.7 Å². The summed E-state index contributed by atoms with van der Waals surface area (Å²) in [4.78, 5) is 16.6. The van der Waals surface area contributed by atoms with E-state index in [-0.39, 0.29) is 12.0 Å². The van der Waals surface area contributed by atoms with Crippen molar-refractivity contribution in [1.82, 2.24) is 4.98 Å². The molecule has 1 aromatic heterocycles. The first-order chi connectivity index (χ1) is 11.7. The molecule has 4 nitrogen and oxygen atoms in total. The van der Waals surface area contributed by atoms with E-state index in [1.807, 2.05) is 31.3 Å². The highest BCUT2D eigenvalue weighted by Crippen LogP contribution is 2.50. The van der Waals surface area contributed by atoms with Crippen LogP contribution >= 0.6 is 0 Å². The summed E-state index contributed by atoms with van der Waals surface area (Å²) in [5, 5.41) is 3.66. The number of nitrogens with one attached hydrogen (secondary N) is 1. The molecule has 0 saturated heterocycles. The molecule has 4 rings (SSSR count). The standard InChI is InChI=1S/C20H20N2O2/c1-12-13(20(23)24-2)9-10-16-14-6-5-7-15(14)19(22-18(12)16)17-8-3-4-11-21-17/h3-6,8-11,14-15,19,22H,7H2,1-2H3/t14-,15-,19-/m0/s1. The van der Waals surface area contributed by atoms with E-state index in [1.54, 1.807) is 0 Å². The van der Waals surface area contributed by atoms with E-state index in [0.29, 0.717) is 17.4 Å². The van der Waals surface area contributed by atoms with Gasteiger partial charge in [0.1, 0.15) is 0 Å². The zero-order chi connectivity index (χ0) is 16.7. The zero-order valence-electron chi connectivity index (χ0n) is 13.8. The van der Waals surface area contributed by atoms with Gasteiger partial charge in [-0.1, -0.05) is 24.3 Å². The Balaban J connectivity index is 1.83. The number of rotatable bonds is 2. The summed E-state index contributed by atoms with van der Waals surface area (Å²) in [6, 6.07) is 10.1. The average molecular weight is 320 g/mol. The highest BCUT2D eigenvalue weighted by molar-refractivity contribution is 5.93. The van der Waals surface area contributed by atoms with Gasteiger partial charge in [-0.05, 0) is 48.6 Å². The summed E-state index contributed by atoms with van der Waals surface area (Å²) in [6.07, 6.45) is 7.42. The molecule has 0 amide bonds. The molecule has 0 unspecified atom stereocenters. The number of hydrogen-bond acceptors (Lipinski definition) is 4. The number of benzene rings is 1. The Kier molecular flexibility index (Phi) is 3.60. The van der Waals surface area contributed by atoms with Crippen LogP contribution in [0.4, 0.5) is 5.69 Å². The van der Waals surface area contributed by atoms with Crippen molar-refractivity contribution in [3.05, 3.63) is 71.1 Å². The maximum Gasteiger partial charge on any atom is 0.338 e. The van der Waals surface area contributed by atoms with Crippen LogP contribution in [0.25, 0.3) is 0 Å². The number of aromatic nitrogens is 1. The predicted octanol–water partition coefficient (Wildman–Crippen LogP) is 4.00. The van der Waals surface area contributed by atoms with E-state index >= 15 is 0 Å². The number of carbonyl (C=O) groups is 1. The Hall–Kier alpha value is -2.62. The van der Waals surface area contributed by atoms with E-state index in [4.69, 9.17) is 4.74 Å². The van der Waals surface area contributed by atoms with Gasteiger partial charge in [-0.25, -0.2) is 4.79 Å². The van der Waals surface area contributed by atoms with E-state index in [0.717, 1.165) is 23.4 Å². The van der Waals surface area contributed by atoms with Gasteiger partial charge in [-0.2, -0.15) is 0 Å². The quantitative estimate of drug-likeness (QED) is 0.671. The van der Waals surface area contributed by atoms with E-state index in [2.05, 4.69) is 34.6 Å². The third-order valence-corrected chi connectivity index (χ3v) is 5.21. The van der Waals surface area contributed by atoms with Crippen LogP contribution in [0.15, 0.2) is 48.7 Å². The Labute approximate surface area is 141 Å². The molecule has 1 aliphatic heterocycles. The second kappa shape index (κ2) is 5.78. The summed E-state index contributed by atoms with van der Waals surface area (Å²) in [5.41, 5.74) is 4.90. The minimum Gasteiger partial charge on any atom is -0.465 e.